The Morgan fingerprint density at radius 2 is 1.83 bits per heavy atom. The summed E-state index contributed by atoms with van der Waals surface area (Å²) < 4.78 is 5.87. The van der Waals surface area contributed by atoms with Crippen LogP contribution in [-0.4, -0.2) is 27.0 Å². The van der Waals surface area contributed by atoms with Crippen molar-refractivity contribution in [1.29, 1.82) is 5.41 Å². The van der Waals surface area contributed by atoms with E-state index in [1.807, 2.05) is 24.3 Å². The zero-order chi connectivity index (χ0) is 24.5. The summed E-state index contributed by atoms with van der Waals surface area (Å²) in [6.07, 6.45) is 1.60. The monoisotopic (exact) mass is 540 g/mol. The third kappa shape index (κ3) is 4.99. The smallest absolute Gasteiger partial charge is 0.283 e. The molecular weight excluding hydrogens is 527 g/mol. The first-order valence-electron chi connectivity index (χ1n) is 10.3. The molecule has 0 spiro atoms. The lowest BCUT2D eigenvalue weighted by Crippen LogP contribution is -2.35. The molecule has 2 aliphatic rings. The second kappa shape index (κ2) is 9.87. The van der Waals surface area contributed by atoms with Crippen molar-refractivity contribution in [1.82, 2.24) is 5.01 Å². The number of halogens is 3. The molecule has 6 nitrogen and oxygen atoms in total. The fourth-order valence-corrected chi connectivity index (χ4v) is 5.07. The highest BCUT2D eigenvalue weighted by molar-refractivity contribution is 8.27. The molecule has 0 saturated heterocycles. The number of nitrogens with one attached hydrogen (secondary N) is 1. The molecule has 35 heavy (non-hydrogen) atoms. The molecule has 3 aromatic carbocycles. The van der Waals surface area contributed by atoms with E-state index in [0.717, 1.165) is 5.56 Å². The van der Waals surface area contributed by atoms with Gasteiger partial charge in [0.15, 0.2) is 5.84 Å². The van der Waals surface area contributed by atoms with E-state index < -0.39 is 5.91 Å². The number of thioether (sulfide) groups is 1. The highest BCUT2D eigenvalue weighted by Gasteiger charge is 2.36. The number of amides is 1. The summed E-state index contributed by atoms with van der Waals surface area (Å²) in [6.45, 7) is 0.253. The van der Waals surface area contributed by atoms with Crippen LogP contribution in [0, 0.1) is 5.41 Å². The number of amidine groups is 2. The van der Waals surface area contributed by atoms with Crippen LogP contribution in [0.5, 0.6) is 5.75 Å². The second-order valence-electron chi connectivity index (χ2n) is 7.50. The van der Waals surface area contributed by atoms with E-state index in [1.54, 1.807) is 48.5 Å². The van der Waals surface area contributed by atoms with Gasteiger partial charge in [0.1, 0.15) is 17.4 Å². The van der Waals surface area contributed by atoms with Gasteiger partial charge in [0.05, 0.1) is 10.6 Å². The van der Waals surface area contributed by atoms with E-state index in [9.17, 15) is 4.79 Å². The lowest BCUT2D eigenvalue weighted by atomic mass is 10.1. The van der Waals surface area contributed by atoms with Crippen molar-refractivity contribution in [3.63, 3.8) is 0 Å². The maximum absolute atomic E-state index is 12.8. The Kier molecular flexibility index (Phi) is 6.67. The van der Waals surface area contributed by atoms with Crippen LogP contribution in [-0.2, 0) is 11.4 Å². The molecule has 0 radical (unpaired) electrons. The lowest BCUT2D eigenvalue weighted by Gasteiger charge is -2.20. The number of carbonyl (C=O) groups excluding carboxylic acids is 1. The van der Waals surface area contributed by atoms with Crippen LogP contribution in [0.3, 0.4) is 0 Å². The third-order valence-corrected chi connectivity index (χ3v) is 7.00. The third-order valence-electron chi connectivity index (χ3n) is 5.14. The first-order valence-corrected chi connectivity index (χ1v) is 12.3. The van der Waals surface area contributed by atoms with E-state index >= 15 is 0 Å². The molecule has 1 amide bonds. The van der Waals surface area contributed by atoms with E-state index in [4.69, 9.17) is 44.9 Å². The van der Waals surface area contributed by atoms with Crippen molar-refractivity contribution < 1.29 is 9.53 Å². The molecular formula is C25H15Cl3N4O2S. The van der Waals surface area contributed by atoms with E-state index in [-0.39, 0.29) is 18.0 Å². The van der Waals surface area contributed by atoms with Crippen molar-refractivity contribution in [3.05, 3.63) is 104 Å². The summed E-state index contributed by atoms with van der Waals surface area (Å²) in [5.74, 6) is 0.0116. The number of benzene rings is 3. The van der Waals surface area contributed by atoms with Crippen molar-refractivity contribution >= 4 is 74.6 Å². The van der Waals surface area contributed by atoms with Gasteiger partial charge in [-0.15, -0.1) is 0 Å². The van der Waals surface area contributed by atoms with Gasteiger partial charge in [-0.25, -0.2) is 0 Å². The number of fused-ring (bicyclic) bond motifs is 1. The summed E-state index contributed by atoms with van der Waals surface area (Å²) >= 11 is 19.7. The molecule has 0 aliphatic carbocycles. The number of aliphatic imine (C=N–C) groups is 1. The molecule has 3 aromatic rings. The largest absolute Gasteiger partial charge is 0.489 e. The van der Waals surface area contributed by atoms with Crippen LogP contribution >= 0.6 is 46.6 Å². The summed E-state index contributed by atoms with van der Waals surface area (Å²) in [7, 11) is 0. The van der Waals surface area contributed by atoms with Crippen LogP contribution in [0.1, 0.15) is 16.7 Å². The number of hydrogen-bond donors (Lipinski definition) is 1. The van der Waals surface area contributed by atoms with Gasteiger partial charge in [-0.05, 0) is 53.7 Å². The van der Waals surface area contributed by atoms with Gasteiger partial charge in [-0.2, -0.15) is 15.1 Å². The first-order chi connectivity index (χ1) is 16.9. The van der Waals surface area contributed by atoms with Crippen LogP contribution in [0.4, 0.5) is 0 Å². The zero-order valence-electron chi connectivity index (χ0n) is 17.8. The van der Waals surface area contributed by atoms with Crippen molar-refractivity contribution in [2.24, 2.45) is 10.1 Å². The SMILES string of the molecule is N=C1/C(=C\c2cccc(OCc3ccc(Cl)cc3Cl)c2)C(=O)N=C2SC(c3ccccc3Cl)=NN12. The average Bonchev–Trinajstić information content (AvgIpc) is 3.25. The molecule has 2 heterocycles. The Labute approximate surface area is 220 Å². The highest BCUT2D eigenvalue weighted by atomic mass is 35.5. The zero-order valence-corrected chi connectivity index (χ0v) is 20.9. The predicted molar refractivity (Wildman–Crippen MR) is 143 cm³/mol. The molecule has 5 rings (SSSR count). The van der Waals surface area contributed by atoms with Gasteiger partial charge in [-0.3, -0.25) is 10.2 Å². The molecule has 0 fully saturated rings. The van der Waals surface area contributed by atoms with E-state index in [1.165, 1.54) is 16.8 Å². The second-order valence-corrected chi connectivity index (χ2v) is 9.71. The van der Waals surface area contributed by atoms with Crippen molar-refractivity contribution in [3.8, 4) is 5.75 Å². The Balaban J connectivity index is 1.37. The Bertz CT molecular complexity index is 1470. The topological polar surface area (TPSA) is 78.1 Å². The Morgan fingerprint density at radius 1 is 1.00 bits per heavy atom. The van der Waals surface area contributed by atoms with Gasteiger partial charge in [0.2, 0.25) is 5.17 Å². The predicted octanol–water partition coefficient (Wildman–Crippen LogP) is 6.89. The molecule has 1 N–H and O–H groups in total. The van der Waals surface area contributed by atoms with Crippen molar-refractivity contribution in [2.75, 3.05) is 0 Å². The number of ether oxygens (including phenoxy) is 1. The number of hydrogen-bond acceptors (Lipinski definition) is 5. The van der Waals surface area contributed by atoms with Gasteiger partial charge in [0.25, 0.3) is 5.91 Å². The average molecular weight is 542 g/mol. The van der Waals surface area contributed by atoms with Crippen LogP contribution in [0.2, 0.25) is 15.1 Å². The van der Waals surface area contributed by atoms with Crippen LogP contribution in [0.15, 0.2) is 82.4 Å². The number of rotatable bonds is 5. The van der Waals surface area contributed by atoms with E-state index in [2.05, 4.69) is 10.1 Å². The number of nitrogens with zero attached hydrogens (tertiary/aromatic N) is 3. The molecule has 0 atom stereocenters. The molecule has 0 bridgehead atoms. The normalized spacial score (nSPS) is 16.3. The molecule has 0 aromatic heterocycles. The fraction of sp³-hybridized carbons (Fsp3) is 0.0400. The highest BCUT2D eigenvalue weighted by Crippen LogP contribution is 2.33. The molecule has 10 heteroatoms. The molecule has 174 valence electrons. The summed E-state index contributed by atoms with van der Waals surface area (Å²) in [5.41, 5.74) is 2.31. The maximum atomic E-state index is 12.8. The summed E-state index contributed by atoms with van der Waals surface area (Å²) in [5, 5.41) is 16.9. The Hall–Kier alpha value is -3.10. The van der Waals surface area contributed by atoms with Crippen molar-refractivity contribution in [2.45, 2.75) is 6.61 Å². The summed E-state index contributed by atoms with van der Waals surface area (Å²) in [4.78, 5) is 16.9. The van der Waals surface area contributed by atoms with E-state index in [0.29, 0.717) is 42.2 Å². The first kappa shape index (κ1) is 23.6. The standard InChI is InChI=1S/C25H15Cl3N4O2S/c26-16-9-8-15(21(28)12-16)13-34-17-5-3-4-14(10-17)11-19-22(29)32-25(30-23(19)33)35-24(31-32)18-6-1-2-7-20(18)27/h1-12,29H,13H2/b19-11+,29-22?. The summed E-state index contributed by atoms with van der Waals surface area (Å²) in [6, 6.07) is 19.7. The van der Waals surface area contributed by atoms with Gasteiger partial charge in [-0.1, -0.05) is 71.2 Å². The minimum absolute atomic E-state index is 0.0613. The molecule has 2 aliphatic heterocycles. The molecule has 0 unspecified atom stereocenters. The minimum Gasteiger partial charge on any atom is -0.489 e. The number of hydrazone groups is 1. The van der Waals surface area contributed by atoms with Gasteiger partial charge in [0, 0.05) is 21.2 Å². The van der Waals surface area contributed by atoms with Crippen LogP contribution < -0.4 is 4.74 Å². The number of carbonyl (C=O) groups is 1. The Morgan fingerprint density at radius 3 is 2.63 bits per heavy atom. The van der Waals surface area contributed by atoms with Gasteiger partial charge < -0.3 is 4.74 Å². The minimum atomic E-state index is -0.511. The van der Waals surface area contributed by atoms with Crippen LogP contribution in [0.25, 0.3) is 6.08 Å². The maximum Gasteiger partial charge on any atom is 0.283 e. The fourth-order valence-electron chi connectivity index (χ4n) is 3.40. The lowest BCUT2D eigenvalue weighted by molar-refractivity contribution is -0.114. The van der Waals surface area contributed by atoms with Gasteiger partial charge >= 0.3 is 0 Å². The molecule has 0 saturated carbocycles. The quantitative estimate of drug-likeness (QED) is 0.357.